The van der Waals surface area contributed by atoms with Gasteiger partial charge in [0.25, 0.3) is 5.91 Å². The predicted octanol–water partition coefficient (Wildman–Crippen LogP) is 2.52. The summed E-state index contributed by atoms with van der Waals surface area (Å²) in [7, 11) is 5.02. The van der Waals surface area contributed by atoms with Crippen molar-refractivity contribution in [3.63, 3.8) is 0 Å². The van der Waals surface area contributed by atoms with E-state index in [9.17, 15) is 4.79 Å². The molecule has 6 nitrogen and oxygen atoms in total. The highest BCUT2D eigenvalue weighted by molar-refractivity contribution is 5.97. The van der Waals surface area contributed by atoms with Gasteiger partial charge in [-0.25, -0.2) is 4.98 Å². The average molecular weight is 325 g/mol. The minimum atomic E-state index is -0.238. The minimum absolute atomic E-state index is 0.238. The molecule has 0 fully saturated rings. The Morgan fingerprint density at radius 1 is 1.17 bits per heavy atom. The fourth-order valence-electron chi connectivity index (χ4n) is 2.60. The monoisotopic (exact) mass is 325 g/mol. The third kappa shape index (κ3) is 2.90. The number of benzene rings is 2. The van der Waals surface area contributed by atoms with E-state index in [2.05, 4.69) is 10.3 Å². The van der Waals surface area contributed by atoms with Crippen LogP contribution in [0.2, 0.25) is 0 Å². The quantitative estimate of drug-likeness (QED) is 0.783. The van der Waals surface area contributed by atoms with Gasteiger partial charge in [-0.2, -0.15) is 0 Å². The maximum Gasteiger partial charge on any atom is 0.255 e. The van der Waals surface area contributed by atoms with E-state index in [0.717, 1.165) is 16.9 Å². The molecule has 0 bridgehead atoms. The summed E-state index contributed by atoms with van der Waals surface area (Å²) in [4.78, 5) is 17.1. The Bertz CT molecular complexity index is 886. The molecule has 0 aliphatic rings. The van der Waals surface area contributed by atoms with E-state index in [0.29, 0.717) is 23.6 Å². The molecule has 0 radical (unpaired) electrons. The number of aryl methyl sites for hydroxylation is 1. The summed E-state index contributed by atoms with van der Waals surface area (Å²) in [6, 6.07) is 13.0. The number of nitrogens with one attached hydrogen (secondary N) is 1. The maximum atomic E-state index is 12.5. The summed E-state index contributed by atoms with van der Waals surface area (Å²) >= 11 is 0. The van der Waals surface area contributed by atoms with E-state index in [1.807, 2.05) is 35.9 Å². The summed E-state index contributed by atoms with van der Waals surface area (Å²) in [6.07, 6.45) is 0. The molecule has 24 heavy (non-hydrogen) atoms. The van der Waals surface area contributed by atoms with Crippen LogP contribution >= 0.6 is 0 Å². The van der Waals surface area contributed by atoms with Crippen molar-refractivity contribution in [2.75, 3.05) is 14.2 Å². The third-order valence-corrected chi connectivity index (χ3v) is 3.94. The van der Waals surface area contributed by atoms with E-state index >= 15 is 0 Å². The molecule has 0 aliphatic carbocycles. The number of fused-ring (bicyclic) bond motifs is 1. The van der Waals surface area contributed by atoms with Crippen LogP contribution in [-0.4, -0.2) is 29.7 Å². The van der Waals surface area contributed by atoms with Gasteiger partial charge in [-0.1, -0.05) is 12.1 Å². The fourth-order valence-corrected chi connectivity index (χ4v) is 2.60. The van der Waals surface area contributed by atoms with Crippen molar-refractivity contribution in [2.24, 2.45) is 7.05 Å². The maximum absolute atomic E-state index is 12.5. The summed E-state index contributed by atoms with van der Waals surface area (Å²) in [5.74, 6) is 1.64. The molecule has 0 unspecified atom stereocenters. The number of rotatable bonds is 5. The molecule has 0 saturated carbocycles. The first-order valence-corrected chi connectivity index (χ1v) is 7.54. The van der Waals surface area contributed by atoms with Gasteiger partial charge < -0.3 is 19.4 Å². The highest BCUT2D eigenvalue weighted by Crippen LogP contribution is 2.24. The zero-order valence-corrected chi connectivity index (χ0v) is 13.9. The molecule has 1 N–H and O–H groups in total. The van der Waals surface area contributed by atoms with Crippen LogP contribution in [0.1, 0.15) is 16.2 Å². The summed E-state index contributed by atoms with van der Waals surface area (Å²) in [5, 5.41) is 2.89. The number of para-hydroxylation sites is 2. The van der Waals surface area contributed by atoms with Gasteiger partial charge in [0, 0.05) is 7.05 Å². The van der Waals surface area contributed by atoms with Crippen molar-refractivity contribution in [1.82, 2.24) is 14.9 Å². The molecule has 1 aromatic heterocycles. The standard InChI is InChI=1S/C18H19N3O3/c1-21-15-7-5-4-6-14(15)20-17(21)11-19-18(22)13-10-12(23-2)8-9-16(13)24-3/h4-10H,11H2,1-3H3,(H,19,22). The molecule has 1 amide bonds. The lowest BCUT2D eigenvalue weighted by atomic mass is 10.1. The number of hydrogen-bond donors (Lipinski definition) is 1. The fraction of sp³-hybridized carbons (Fsp3) is 0.222. The van der Waals surface area contributed by atoms with Crippen molar-refractivity contribution in [3.8, 4) is 11.5 Å². The lowest BCUT2D eigenvalue weighted by molar-refractivity contribution is 0.0946. The van der Waals surface area contributed by atoms with Crippen LogP contribution in [0.3, 0.4) is 0 Å². The Hall–Kier alpha value is -3.02. The Morgan fingerprint density at radius 3 is 2.67 bits per heavy atom. The zero-order chi connectivity index (χ0) is 17.1. The first-order valence-electron chi connectivity index (χ1n) is 7.54. The first-order chi connectivity index (χ1) is 11.6. The highest BCUT2D eigenvalue weighted by atomic mass is 16.5. The Balaban J connectivity index is 1.81. The molecule has 0 spiro atoms. The van der Waals surface area contributed by atoms with Crippen LogP contribution in [0.4, 0.5) is 0 Å². The molecule has 124 valence electrons. The third-order valence-electron chi connectivity index (χ3n) is 3.94. The number of carbonyl (C=O) groups excluding carboxylic acids is 1. The van der Waals surface area contributed by atoms with Gasteiger partial charge in [0.05, 0.1) is 37.4 Å². The molecule has 1 heterocycles. The Kier molecular flexibility index (Phi) is 4.37. The SMILES string of the molecule is COc1ccc(OC)c(C(=O)NCc2nc3ccccc3n2C)c1. The number of hydrogen-bond acceptors (Lipinski definition) is 4. The number of amides is 1. The van der Waals surface area contributed by atoms with E-state index in [4.69, 9.17) is 9.47 Å². The molecule has 0 saturated heterocycles. The first kappa shape index (κ1) is 15.9. The number of ether oxygens (including phenoxy) is 2. The number of carbonyl (C=O) groups is 1. The van der Waals surface area contributed by atoms with Crippen LogP contribution in [-0.2, 0) is 13.6 Å². The van der Waals surface area contributed by atoms with Crippen LogP contribution in [0, 0.1) is 0 Å². The van der Waals surface area contributed by atoms with Gasteiger partial charge in [0.2, 0.25) is 0 Å². The number of nitrogens with zero attached hydrogens (tertiary/aromatic N) is 2. The second-order valence-corrected chi connectivity index (χ2v) is 5.32. The molecule has 0 aliphatic heterocycles. The second-order valence-electron chi connectivity index (χ2n) is 5.32. The smallest absolute Gasteiger partial charge is 0.255 e. The molecule has 0 atom stereocenters. The molecular weight excluding hydrogens is 306 g/mol. The number of aromatic nitrogens is 2. The molecule has 6 heteroatoms. The highest BCUT2D eigenvalue weighted by Gasteiger charge is 2.15. The minimum Gasteiger partial charge on any atom is -0.497 e. The molecule has 3 rings (SSSR count). The summed E-state index contributed by atoms with van der Waals surface area (Å²) in [5.41, 5.74) is 2.36. The van der Waals surface area contributed by atoms with Gasteiger partial charge in [-0.3, -0.25) is 4.79 Å². The summed E-state index contributed by atoms with van der Waals surface area (Å²) in [6.45, 7) is 0.324. The van der Waals surface area contributed by atoms with Crippen LogP contribution in [0.5, 0.6) is 11.5 Å². The number of imidazole rings is 1. The van der Waals surface area contributed by atoms with Crippen LogP contribution < -0.4 is 14.8 Å². The molecule has 3 aromatic rings. The lowest BCUT2D eigenvalue weighted by Crippen LogP contribution is -2.25. The van der Waals surface area contributed by atoms with Crippen LogP contribution in [0.25, 0.3) is 11.0 Å². The van der Waals surface area contributed by atoms with Gasteiger partial charge >= 0.3 is 0 Å². The normalized spacial score (nSPS) is 10.6. The zero-order valence-electron chi connectivity index (χ0n) is 13.9. The average Bonchev–Trinajstić information content (AvgIpc) is 2.95. The molecular formula is C18H19N3O3. The lowest BCUT2D eigenvalue weighted by Gasteiger charge is -2.11. The van der Waals surface area contributed by atoms with E-state index in [1.165, 1.54) is 7.11 Å². The van der Waals surface area contributed by atoms with Gasteiger partial charge in [0.1, 0.15) is 17.3 Å². The van der Waals surface area contributed by atoms with Crippen molar-refractivity contribution >= 4 is 16.9 Å². The topological polar surface area (TPSA) is 65.4 Å². The van der Waals surface area contributed by atoms with Crippen LogP contribution in [0.15, 0.2) is 42.5 Å². The van der Waals surface area contributed by atoms with E-state index in [-0.39, 0.29) is 5.91 Å². The Morgan fingerprint density at radius 2 is 1.96 bits per heavy atom. The van der Waals surface area contributed by atoms with Crippen molar-refractivity contribution in [1.29, 1.82) is 0 Å². The van der Waals surface area contributed by atoms with Gasteiger partial charge in [0.15, 0.2) is 0 Å². The van der Waals surface area contributed by atoms with Gasteiger partial charge in [-0.05, 0) is 30.3 Å². The van der Waals surface area contributed by atoms with Crippen molar-refractivity contribution < 1.29 is 14.3 Å². The van der Waals surface area contributed by atoms with E-state index < -0.39 is 0 Å². The second kappa shape index (κ2) is 6.62. The Labute approximate surface area is 140 Å². The molecule has 2 aromatic carbocycles. The summed E-state index contributed by atoms with van der Waals surface area (Å²) < 4.78 is 12.4. The number of methoxy groups -OCH3 is 2. The van der Waals surface area contributed by atoms with Crippen molar-refractivity contribution in [3.05, 3.63) is 53.9 Å². The predicted molar refractivity (Wildman–Crippen MR) is 91.4 cm³/mol. The van der Waals surface area contributed by atoms with Crippen molar-refractivity contribution in [2.45, 2.75) is 6.54 Å². The van der Waals surface area contributed by atoms with E-state index in [1.54, 1.807) is 25.3 Å². The largest absolute Gasteiger partial charge is 0.497 e. The van der Waals surface area contributed by atoms with Gasteiger partial charge in [-0.15, -0.1) is 0 Å².